The van der Waals surface area contributed by atoms with Gasteiger partial charge in [0.1, 0.15) is 4.88 Å². The van der Waals surface area contributed by atoms with Gasteiger partial charge in [0.25, 0.3) is 5.91 Å². The van der Waals surface area contributed by atoms with E-state index in [0.717, 1.165) is 15.6 Å². The van der Waals surface area contributed by atoms with Crippen LogP contribution in [-0.2, 0) is 0 Å². The smallest absolute Gasteiger partial charge is 0.263 e. The first kappa shape index (κ1) is 15.3. The van der Waals surface area contributed by atoms with Gasteiger partial charge in [-0.3, -0.25) is 4.79 Å². The molecule has 1 unspecified atom stereocenters. The fraction of sp³-hybridized carbons (Fsp3) is 0.118. The van der Waals surface area contributed by atoms with Crippen molar-refractivity contribution in [2.75, 3.05) is 0 Å². The van der Waals surface area contributed by atoms with E-state index in [1.54, 1.807) is 6.07 Å². The van der Waals surface area contributed by atoms with Gasteiger partial charge >= 0.3 is 0 Å². The second-order valence-corrected chi connectivity index (χ2v) is 6.80. The number of benzene rings is 2. The lowest BCUT2D eigenvalue weighted by molar-refractivity contribution is 0.0944. The van der Waals surface area contributed by atoms with Crippen molar-refractivity contribution in [3.05, 3.63) is 69.0 Å². The van der Waals surface area contributed by atoms with Gasteiger partial charge in [-0.1, -0.05) is 59.6 Å². The number of thiophene rings is 1. The van der Waals surface area contributed by atoms with Crippen LogP contribution in [0.25, 0.3) is 10.1 Å². The minimum atomic E-state index is -0.182. The van der Waals surface area contributed by atoms with E-state index in [1.807, 2.05) is 49.4 Å². The van der Waals surface area contributed by atoms with Crippen LogP contribution in [0.4, 0.5) is 0 Å². The highest BCUT2D eigenvalue weighted by molar-refractivity contribution is 7.21. The number of rotatable bonds is 3. The molecular weight excluding hydrogens is 337 g/mol. The lowest BCUT2D eigenvalue weighted by atomic mass is 10.1. The molecule has 0 fully saturated rings. The second-order valence-electron chi connectivity index (χ2n) is 4.96. The van der Waals surface area contributed by atoms with Gasteiger partial charge in [0, 0.05) is 10.1 Å². The summed E-state index contributed by atoms with van der Waals surface area (Å²) >= 11 is 13.9. The molecule has 0 spiro atoms. The summed E-state index contributed by atoms with van der Waals surface area (Å²) in [5.74, 6) is -0.182. The van der Waals surface area contributed by atoms with E-state index in [-0.39, 0.29) is 11.9 Å². The van der Waals surface area contributed by atoms with E-state index in [9.17, 15) is 4.79 Å². The molecular formula is C17H13Cl2NOS. The monoisotopic (exact) mass is 349 g/mol. The first-order chi connectivity index (χ1) is 10.6. The molecule has 0 aliphatic heterocycles. The Balaban J connectivity index is 1.90. The molecule has 5 heteroatoms. The molecule has 1 aromatic heterocycles. The standard InChI is InChI=1S/C17H13Cl2NOS/c1-10(11-6-3-2-4-7-11)20-17(21)16-15(19)14-12(18)8-5-9-13(14)22-16/h2-10H,1H3,(H,20,21). The van der Waals surface area contributed by atoms with Crippen molar-refractivity contribution < 1.29 is 4.79 Å². The summed E-state index contributed by atoms with van der Waals surface area (Å²) in [6.45, 7) is 1.95. The van der Waals surface area contributed by atoms with Gasteiger partial charge in [-0.2, -0.15) is 0 Å². The third-order valence-electron chi connectivity index (χ3n) is 3.46. The third kappa shape index (κ3) is 2.84. The molecule has 0 radical (unpaired) electrons. The van der Waals surface area contributed by atoms with E-state index < -0.39 is 0 Å². The number of hydrogen-bond acceptors (Lipinski definition) is 2. The quantitative estimate of drug-likeness (QED) is 0.645. The molecule has 2 nitrogen and oxygen atoms in total. The Morgan fingerprint density at radius 2 is 1.82 bits per heavy atom. The average molecular weight is 350 g/mol. The van der Waals surface area contributed by atoms with Crippen LogP contribution in [-0.4, -0.2) is 5.91 Å². The normalized spacial score (nSPS) is 12.3. The van der Waals surface area contributed by atoms with E-state index in [1.165, 1.54) is 11.3 Å². The first-order valence-corrected chi connectivity index (χ1v) is 8.37. The van der Waals surface area contributed by atoms with Gasteiger partial charge in [0.05, 0.1) is 16.1 Å². The molecule has 3 aromatic rings. The van der Waals surface area contributed by atoms with Crippen LogP contribution < -0.4 is 5.32 Å². The number of fused-ring (bicyclic) bond motifs is 1. The van der Waals surface area contributed by atoms with E-state index in [4.69, 9.17) is 23.2 Å². The topological polar surface area (TPSA) is 29.1 Å². The summed E-state index contributed by atoms with van der Waals surface area (Å²) in [7, 11) is 0. The molecule has 0 saturated carbocycles. The SMILES string of the molecule is CC(NC(=O)c1sc2cccc(Cl)c2c1Cl)c1ccccc1. The second kappa shape index (κ2) is 6.29. The van der Waals surface area contributed by atoms with E-state index in [2.05, 4.69) is 5.32 Å². The van der Waals surface area contributed by atoms with Crippen molar-refractivity contribution in [3.8, 4) is 0 Å². The Hall–Kier alpha value is -1.55. The van der Waals surface area contributed by atoms with Crippen LogP contribution in [0.5, 0.6) is 0 Å². The van der Waals surface area contributed by atoms with Gasteiger partial charge in [-0.25, -0.2) is 0 Å². The number of carbonyl (C=O) groups excluding carboxylic acids is 1. The third-order valence-corrected chi connectivity index (χ3v) is 5.42. The van der Waals surface area contributed by atoms with Crippen molar-refractivity contribution in [2.45, 2.75) is 13.0 Å². The van der Waals surface area contributed by atoms with Gasteiger partial charge < -0.3 is 5.32 Å². The molecule has 0 aliphatic carbocycles. The maximum Gasteiger partial charge on any atom is 0.263 e. The van der Waals surface area contributed by atoms with Crippen LogP contribution in [0.3, 0.4) is 0 Å². The van der Waals surface area contributed by atoms with Gasteiger partial charge in [-0.05, 0) is 24.6 Å². The number of amides is 1. The largest absolute Gasteiger partial charge is 0.345 e. The Morgan fingerprint density at radius 1 is 1.09 bits per heavy atom. The van der Waals surface area contributed by atoms with Crippen molar-refractivity contribution >= 4 is 50.5 Å². The summed E-state index contributed by atoms with van der Waals surface area (Å²) in [5, 5.41) is 4.71. The maximum atomic E-state index is 12.5. The Labute approximate surface area is 142 Å². The first-order valence-electron chi connectivity index (χ1n) is 6.80. The molecule has 1 heterocycles. The minimum Gasteiger partial charge on any atom is -0.345 e. The lowest BCUT2D eigenvalue weighted by Gasteiger charge is -2.13. The van der Waals surface area contributed by atoms with Crippen molar-refractivity contribution in [2.24, 2.45) is 0 Å². The highest BCUT2D eigenvalue weighted by Crippen LogP contribution is 2.39. The number of carbonyl (C=O) groups is 1. The van der Waals surface area contributed by atoms with Crippen LogP contribution in [0.1, 0.15) is 28.2 Å². The molecule has 22 heavy (non-hydrogen) atoms. The summed E-state index contributed by atoms with van der Waals surface area (Å²) < 4.78 is 0.912. The lowest BCUT2D eigenvalue weighted by Crippen LogP contribution is -2.26. The van der Waals surface area contributed by atoms with Crippen LogP contribution in [0.2, 0.25) is 10.0 Å². The Kier molecular flexibility index (Phi) is 4.39. The number of hydrogen-bond donors (Lipinski definition) is 1. The Morgan fingerprint density at radius 3 is 2.50 bits per heavy atom. The maximum absolute atomic E-state index is 12.5. The molecule has 2 aromatic carbocycles. The molecule has 0 bridgehead atoms. The van der Waals surface area contributed by atoms with Crippen molar-refractivity contribution in [1.29, 1.82) is 0 Å². The van der Waals surface area contributed by atoms with E-state index in [0.29, 0.717) is 14.9 Å². The van der Waals surface area contributed by atoms with Gasteiger partial charge in [0.2, 0.25) is 0 Å². The molecule has 1 amide bonds. The molecule has 3 rings (SSSR count). The summed E-state index contributed by atoms with van der Waals surface area (Å²) in [4.78, 5) is 13.0. The average Bonchev–Trinajstić information content (AvgIpc) is 2.86. The predicted octanol–water partition coefficient (Wildman–Crippen LogP) is 5.70. The van der Waals surface area contributed by atoms with Crippen molar-refractivity contribution in [3.63, 3.8) is 0 Å². The predicted molar refractivity (Wildman–Crippen MR) is 94.2 cm³/mol. The van der Waals surface area contributed by atoms with Crippen LogP contribution in [0.15, 0.2) is 48.5 Å². The molecule has 1 N–H and O–H groups in total. The fourth-order valence-electron chi connectivity index (χ4n) is 2.30. The fourth-order valence-corrected chi connectivity index (χ4v) is 4.16. The minimum absolute atomic E-state index is 0.0922. The van der Waals surface area contributed by atoms with Crippen LogP contribution in [0, 0.1) is 0 Å². The molecule has 0 saturated heterocycles. The summed E-state index contributed by atoms with van der Waals surface area (Å²) in [5.41, 5.74) is 1.05. The zero-order valence-corrected chi connectivity index (χ0v) is 14.1. The number of halogens is 2. The van der Waals surface area contributed by atoms with E-state index >= 15 is 0 Å². The zero-order chi connectivity index (χ0) is 15.7. The van der Waals surface area contributed by atoms with Crippen LogP contribution >= 0.6 is 34.5 Å². The summed E-state index contributed by atoms with van der Waals surface area (Å²) in [6, 6.07) is 15.3. The highest BCUT2D eigenvalue weighted by Gasteiger charge is 2.20. The highest BCUT2D eigenvalue weighted by atomic mass is 35.5. The van der Waals surface area contributed by atoms with Crippen molar-refractivity contribution in [1.82, 2.24) is 5.32 Å². The molecule has 1 atom stereocenters. The van der Waals surface area contributed by atoms with Gasteiger partial charge in [0.15, 0.2) is 0 Å². The summed E-state index contributed by atoms with van der Waals surface area (Å²) in [6.07, 6.45) is 0. The zero-order valence-electron chi connectivity index (χ0n) is 11.8. The number of nitrogens with one attached hydrogen (secondary N) is 1. The Bertz CT molecular complexity index is 829. The molecule has 112 valence electrons. The van der Waals surface area contributed by atoms with Gasteiger partial charge in [-0.15, -0.1) is 11.3 Å². The molecule has 0 aliphatic rings.